The van der Waals surface area contributed by atoms with Gasteiger partial charge in [-0.25, -0.2) is 4.98 Å². The molecule has 0 fully saturated rings. The predicted octanol–water partition coefficient (Wildman–Crippen LogP) is 4.53. The van der Waals surface area contributed by atoms with Crippen LogP contribution in [0, 0.1) is 0 Å². The summed E-state index contributed by atoms with van der Waals surface area (Å²) in [5.74, 6) is 0.422. The van der Waals surface area contributed by atoms with E-state index in [9.17, 15) is 4.79 Å². The molecule has 0 saturated carbocycles. The Morgan fingerprint density at radius 3 is 2.27 bits per heavy atom. The van der Waals surface area contributed by atoms with E-state index in [4.69, 9.17) is 0 Å². The molecule has 2 heterocycles. The highest BCUT2D eigenvalue weighted by Crippen LogP contribution is 2.36. The summed E-state index contributed by atoms with van der Waals surface area (Å²) in [7, 11) is 0. The number of aryl methyl sites for hydroxylation is 3. The first kappa shape index (κ1) is 16.9. The van der Waals surface area contributed by atoms with Crippen LogP contribution in [0.4, 0.5) is 11.4 Å². The number of carbonyl (C=O) groups is 1. The van der Waals surface area contributed by atoms with Crippen LogP contribution < -0.4 is 4.90 Å². The van der Waals surface area contributed by atoms with E-state index in [2.05, 4.69) is 29.0 Å². The van der Waals surface area contributed by atoms with Gasteiger partial charge in [-0.2, -0.15) is 0 Å². The Bertz CT molecular complexity index is 887. The maximum Gasteiger partial charge on any atom is 0.242 e. The third kappa shape index (κ3) is 3.27. The Morgan fingerprint density at radius 2 is 1.69 bits per heavy atom. The van der Waals surface area contributed by atoms with E-state index >= 15 is 0 Å². The summed E-state index contributed by atoms with van der Waals surface area (Å²) in [5.41, 5.74) is 5.51. The standard InChI is InChI=1S/C21H21N3OS/c1-2-17-13-22-21(23-17)26-14-20(25)24-18-9-5-3-7-15(18)11-12-16-8-4-6-10-19(16)24/h3-10,13H,2,11-12,14H2,1H3,(H,22,23). The van der Waals surface area contributed by atoms with Crippen LogP contribution >= 0.6 is 11.8 Å². The van der Waals surface area contributed by atoms with Gasteiger partial charge in [0.1, 0.15) is 0 Å². The summed E-state index contributed by atoms with van der Waals surface area (Å²) in [6.07, 6.45) is 4.64. The van der Waals surface area contributed by atoms with Gasteiger partial charge in [-0.3, -0.25) is 9.69 Å². The zero-order valence-electron chi connectivity index (χ0n) is 14.7. The van der Waals surface area contributed by atoms with E-state index in [1.165, 1.54) is 22.9 Å². The van der Waals surface area contributed by atoms with Crippen molar-refractivity contribution in [3.8, 4) is 0 Å². The Hall–Kier alpha value is -2.53. The number of benzene rings is 2. The van der Waals surface area contributed by atoms with Gasteiger partial charge in [0, 0.05) is 11.9 Å². The van der Waals surface area contributed by atoms with E-state index in [1.54, 1.807) is 0 Å². The number of aromatic amines is 1. The number of anilines is 2. The Kier molecular flexibility index (Phi) is 4.80. The van der Waals surface area contributed by atoms with Crippen LogP contribution in [0.15, 0.2) is 59.9 Å². The molecule has 1 aliphatic rings. The van der Waals surface area contributed by atoms with Crippen LogP contribution in [0.1, 0.15) is 23.7 Å². The van der Waals surface area contributed by atoms with Crippen molar-refractivity contribution in [2.24, 2.45) is 0 Å². The van der Waals surface area contributed by atoms with Crippen molar-refractivity contribution in [2.45, 2.75) is 31.3 Å². The Labute approximate surface area is 157 Å². The number of hydrogen-bond donors (Lipinski definition) is 1. The molecule has 4 rings (SSSR count). The van der Waals surface area contributed by atoms with E-state index < -0.39 is 0 Å². The zero-order chi connectivity index (χ0) is 17.9. The van der Waals surface area contributed by atoms with Crippen molar-refractivity contribution in [3.05, 3.63) is 71.5 Å². The Morgan fingerprint density at radius 1 is 1.08 bits per heavy atom. The van der Waals surface area contributed by atoms with Gasteiger partial charge >= 0.3 is 0 Å². The van der Waals surface area contributed by atoms with Crippen molar-refractivity contribution >= 4 is 29.0 Å². The van der Waals surface area contributed by atoms with Crippen LogP contribution in [-0.4, -0.2) is 21.6 Å². The number of para-hydroxylation sites is 2. The van der Waals surface area contributed by atoms with Gasteiger partial charge in [-0.15, -0.1) is 0 Å². The smallest absolute Gasteiger partial charge is 0.242 e. The number of carbonyl (C=O) groups excluding carboxylic acids is 1. The summed E-state index contributed by atoms with van der Waals surface area (Å²) >= 11 is 1.46. The molecule has 132 valence electrons. The molecule has 0 radical (unpaired) electrons. The van der Waals surface area contributed by atoms with Crippen molar-refractivity contribution in [2.75, 3.05) is 10.7 Å². The fourth-order valence-corrected chi connectivity index (χ4v) is 4.05. The van der Waals surface area contributed by atoms with Crippen molar-refractivity contribution < 1.29 is 4.79 Å². The maximum atomic E-state index is 13.2. The minimum absolute atomic E-state index is 0.0752. The van der Waals surface area contributed by atoms with E-state index in [1.807, 2.05) is 47.5 Å². The second-order valence-corrected chi connectivity index (χ2v) is 7.31. The summed E-state index contributed by atoms with van der Waals surface area (Å²) in [6.45, 7) is 2.08. The average molecular weight is 363 g/mol. The fraction of sp³-hybridized carbons (Fsp3) is 0.238. The maximum absolute atomic E-state index is 13.2. The summed E-state index contributed by atoms with van der Waals surface area (Å²) in [6, 6.07) is 16.4. The highest BCUT2D eigenvalue weighted by molar-refractivity contribution is 7.99. The van der Waals surface area contributed by atoms with Gasteiger partial charge in [0.25, 0.3) is 0 Å². The molecule has 0 atom stereocenters. The molecule has 3 aromatic rings. The van der Waals surface area contributed by atoms with Gasteiger partial charge in [0.05, 0.1) is 17.1 Å². The number of aromatic nitrogens is 2. The molecule has 0 saturated heterocycles. The molecule has 26 heavy (non-hydrogen) atoms. The molecular formula is C21H21N3OS. The molecule has 5 heteroatoms. The lowest BCUT2D eigenvalue weighted by Crippen LogP contribution is -2.28. The lowest BCUT2D eigenvalue weighted by molar-refractivity contribution is -0.115. The summed E-state index contributed by atoms with van der Waals surface area (Å²) in [4.78, 5) is 22.7. The molecule has 1 aliphatic heterocycles. The monoisotopic (exact) mass is 363 g/mol. The number of rotatable bonds is 4. The predicted molar refractivity (Wildman–Crippen MR) is 106 cm³/mol. The first-order valence-electron chi connectivity index (χ1n) is 8.91. The topological polar surface area (TPSA) is 49.0 Å². The van der Waals surface area contributed by atoms with Gasteiger partial charge in [-0.1, -0.05) is 55.1 Å². The number of imidazole rings is 1. The SMILES string of the molecule is CCc1cnc(SCC(=O)N2c3ccccc3CCc3ccccc32)[nH]1. The number of H-pyrrole nitrogens is 1. The Balaban J connectivity index is 1.64. The molecule has 0 bridgehead atoms. The van der Waals surface area contributed by atoms with E-state index in [-0.39, 0.29) is 5.91 Å². The van der Waals surface area contributed by atoms with E-state index in [0.29, 0.717) is 5.75 Å². The van der Waals surface area contributed by atoms with Crippen LogP contribution in [0.25, 0.3) is 0 Å². The average Bonchev–Trinajstić information content (AvgIpc) is 3.07. The molecule has 0 unspecified atom stereocenters. The van der Waals surface area contributed by atoms with Crippen molar-refractivity contribution in [1.29, 1.82) is 0 Å². The van der Waals surface area contributed by atoms with Crippen molar-refractivity contribution in [1.82, 2.24) is 9.97 Å². The van der Waals surface area contributed by atoms with Crippen LogP contribution in [0.2, 0.25) is 0 Å². The van der Waals surface area contributed by atoms with Crippen molar-refractivity contribution in [3.63, 3.8) is 0 Å². The van der Waals surface area contributed by atoms with Gasteiger partial charge in [-0.05, 0) is 42.5 Å². The first-order valence-corrected chi connectivity index (χ1v) is 9.90. The third-order valence-electron chi connectivity index (χ3n) is 4.70. The molecule has 1 aromatic heterocycles. The molecule has 0 aliphatic carbocycles. The number of thioether (sulfide) groups is 1. The lowest BCUT2D eigenvalue weighted by Gasteiger charge is -2.24. The second kappa shape index (κ2) is 7.38. The van der Waals surface area contributed by atoms with Gasteiger partial charge in [0.2, 0.25) is 5.91 Å². The quantitative estimate of drug-likeness (QED) is 0.693. The van der Waals surface area contributed by atoms with Crippen LogP contribution in [0.3, 0.4) is 0 Å². The number of hydrogen-bond acceptors (Lipinski definition) is 3. The number of fused-ring (bicyclic) bond motifs is 2. The number of nitrogens with zero attached hydrogens (tertiary/aromatic N) is 2. The molecule has 2 aromatic carbocycles. The van der Waals surface area contributed by atoms with Gasteiger partial charge < -0.3 is 4.98 Å². The highest BCUT2D eigenvalue weighted by Gasteiger charge is 2.25. The van der Waals surface area contributed by atoms with Crippen LogP contribution in [0.5, 0.6) is 0 Å². The highest BCUT2D eigenvalue weighted by atomic mass is 32.2. The summed E-state index contributed by atoms with van der Waals surface area (Å²) < 4.78 is 0. The normalized spacial score (nSPS) is 13.0. The number of amides is 1. The molecule has 1 amide bonds. The third-order valence-corrected chi connectivity index (χ3v) is 5.57. The minimum atomic E-state index is 0.0752. The lowest BCUT2D eigenvalue weighted by atomic mass is 10.0. The number of nitrogens with one attached hydrogen (secondary N) is 1. The van der Waals surface area contributed by atoms with E-state index in [0.717, 1.165) is 41.5 Å². The molecular weight excluding hydrogens is 342 g/mol. The second-order valence-electron chi connectivity index (χ2n) is 6.34. The van der Waals surface area contributed by atoms with Gasteiger partial charge in [0.15, 0.2) is 5.16 Å². The van der Waals surface area contributed by atoms with Crippen LogP contribution in [-0.2, 0) is 24.1 Å². The first-order chi connectivity index (χ1) is 12.8. The molecule has 1 N–H and O–H groups in total. The largest absolute Gasteiger partial charge is 0.337 e. The fourth-order valence-electron chi connectivity index (χ4n) is 3.33. The minimum Gasteiger partial charge on any atom is -0.337 e. The summed E-state index contributed by atoms with van der Waals surface area (Å²) in [5, 5.41) is 0.798. The molecule has 0 spiro atoms. The molecule has 4 nitrogen and oxygen atoms in total. The zero-order valence-corrected chi connectivity index (χ0v) is 15.6.